The maximum absolute atomic E-state index is 12.5. The molecular weight excluding hydrogens is 260 g/mol. The van der Waals surface area contributed by atoms with E-state index in [9.17, 15) is 9.59 Å². The second-order valence-electron chi connectivity index (χ2n) is 5.21. The van der Waals surface area contributed by atoms with Crippen LogP contribution < -0.4 is 0 Å². The number of hydrogen-bond donors (Lipinski definition) is 0. The molecule has 0 aliphatic carbocycles. The quantitative estimate of drug-likeness (QED) is 0.822. The maximum Gasteiger partial charge on any atom is 0.228 e. The van der Waals surface area contributed by atoms with Crippen LogP contribution in [0.5, 0.6) is 0 Å². The van der Waals surface area contributed by atoms with Gasteiger partial charge in [-0.2, -0.15) is 0 Å². The average molecular weight is 278 g/mol. The molecule has 0 bridgehead atoms. The van der Waals surface area contributed by atoms with Crippen molar-refractivity contribution in [2.75, 3.05) is 19.6 Å². The predicted octanol–water partition coefficient (Wildman–Crippen LogP) is 1.50. The van der Waals surface area contributed by atoms with Gasteiger partial charge in [0.25, 0.3) is 0 Å². The van der Waals surface area contributed by atoms with E-state index in [2.05, 4.69) is 11.4 Å². The maximum atomic E-state index is 12.5. The third kappa shape index (κ3) is 2.27. The van der Waals surface area contributed by atoms with Crippen LogP contribution in [0.25, 0.3) is 0 Å². The molecule has 1 fully saturated rings. The van der Waals surface area contributed by atoms with E-state index in [-0.39, 0.29) is 17.7 Å². The smallest absolute Gasteiger partial charge is 0.228 e. The van der Waals surface area contributed by atoms with Crippen molar-refractivity contribution in [2.45, 2.75) is 26.3 Å². The number of fused-ring (bicyclic) bond motifs is 1. The highest BCUT2D eigenvalue weighted by molar-refractivity contribution is 7.10. The Morgan fingerprint density at radius 3 is 3.11 bits per heavy atom. The van der Waals surface area contributed by atoms with Crippen LogP contribution in [-0.4, -0.2) is 41.2 Å². The van der Waals surface area contributed by atoms with E-state index in [1.807, 2.05) is 11.8 Å². The first kappa shape index (κ1) is 12.7. The summed E-state index contributed by atoms with van der Waals surface area (Å²) < 4.78 is 0. The minimum atomic E-state index is -0.132. The summed E-state index contributed by atoms with van der Waals surface area (Å²) in [5, 5.41) is 2.09. The largest absolute Gasteiger partial charge is 0.342 e. The lowest BCUT2D eigenvalue weighted by atomic mass is 10.0. The molecule has 0 saturated carbocycles. The molecule has 0 spiro atoms. The molecule has 2 aliphatic rings. The average Bonchev–Trinajstić information content (AvgIpc) is 3.02. The molecule has 0 aromatic carbocycles. The molecule has 1 saturated heterocycles. The third-order valence-corrected chi connectivity index (χ3v) is 5.09. The van der Waals surface area contributed by atoms with Gasteiger partial charge in [0, 0.05) is 37.5 Å². The number of carbonyl (C=O) groups excluding carboxylic acids is 2. The molecule has 1 atom stereocenters. The standard InChI is InChI=1S/C14H18N2O2S/c1-2-15-9-11(7-13(15)17)14(18)16-5-3-12-10(8-16)4-6-19-12/h4,6,11H,2-3,5,7-9H2,1H3. The fourth-order valence-corrected chi connectivity index (χ4v) is 3.83. The zero-order chi connectivity index (χ0) is 13.4. The number of thiophene rings is 1. The molecule has 1 aromatic rings. The number of rotatable bonds is 2. The SMILES string of the molecule is CCN1CC(C(=O)N2CCc3sccc3C2)CC1=O. The van der Waals surface area contributed by atoms with Gasteiger partial charge in [0.05, 0.1) is 5.92 Å². The van der Waals surface area contributed by atoms with Gasteiger partial charge in [0.2, 0.25) is 11.8 Å². The van der Waals surface area contributed by atoms with E-state index in [1.54, 1.807) is 16.2 Å². The second kappa shape index (κ2) is 4.96. The molecule has 1 aromatic heterocycles. The second-order valence-corrected chi connectivity index (χ2v) is 6.21. The van der Waals surface area contributed by atoms with Gasteiger partial charge in [0.15, 0.2) is 0 Å². The molecule has 2 aliphatic heterocycles. The van der Waals surface area contributed by atoms with Gasteiger partial charge in [-0.25, -0.2) is 0 Å². The summed E-state index contributed by atoms with van der Waals surface area (Å²) in [6.45, 7) is 4.78. The number of nitrogens with zero attached hydrogens (tertiary/aromatic N) is 2. The Morgan fingerprint density at radius 1 is 1.53 bits per heavy atom. The lowest BCUT2D eigenvalue weighted by molar-refractivity contribution is -0.136. The van der Waals surface area contributed by atoms with Crippen LogP contribution in [0.15, 0.2) is 11.4 Å². The third-order valence-electron chi connectivity index (χ3n) is 4.06. The van der Waals surface area contributed by atoms with Crippen LogP contribution in [0.3, 0.4) is 0 Å². The van der Waals surface area contributed by atoms with Crippen molar-refractivity contribution in [2.24, 2.45) is 5.92 Å². The van der Waals surface area contributed by atoms with Crippen molar-refractivity contribution in [3.63, 3.8) is 0 Å². The molecule has 0 radical (unpaired) electrons. The molecule has 5 heteroatoms. The normalized spacial score (nSPS) is 22.8. The Morgan fingerprint density at radius 2 is 2.37 bits per heavy atom. The zero-order valence-corrected chi connectivity index (χ0v) is 11.9. The molecule has 3 rings (SSSR count). The fourth-order valence-electron chi connectivity index (χ4n) is 2.94. The first-order valence-corrected chi connectivity index (χ1v) is 7.68. The molecule has 102 valence electrons. The molecule has 2 amide bonds. The van der Waals surface area contributed by atoms with Gasteiger partial charge in [-0.3, -0.25) is 9.59 Å². The van der Waals surface area contributed by atoms with Crippen LogP contribution in [0.1, 0.15) is 23.8 Å². The number of likely N-dealkylation sites (tertiary alicyclic amines) is 1. The van der Waals surface area contributed by atoms with Gasteiger partial charge < -0.3 is 9.80 Å². The zero-order valence-electron chi connectivity index (χ0n) is 11.1. The van der Waals surface area contributed by atoms with Crippen molar-refractivity contribution < 1.29 is 9.59 Å². The summed E-state index contributed by atoms with van der Waals surface area (Å²) in [4.78, 5) is 29.3. The van der Waals surface area contributed by atoms with Crippen LogP contribution in [0, 0.1) is 5.92 Å². The summed E-state index contributed by atoms with van der Waals surface area (Å²) >= 11 is 1.78. The van der Waals surface area contributed by atoms with Crippen molar-refractivity contribution >= 4 is 23.2 Å². The van der Waals surface area contributed by atoms with Crippen LogP contribution in [-0.2, 0) is 22.6 Å². The lowest BCUT2D eigenvalue weighted by Gasteiger charge is -2.29. The van der Waals surface area contributed by atoms with Crippen molar-refractivity contribution in [1.29, 1.82) is 0 Å². The Kier molecular flexibility index (Phi) is 3.31. The van der Waals surface area contributed by atoms with Crippen molar-refractivity contribution in [3.8, 4) is 0 Å². The Bertz CT molecular complexity index is 511. The first-order valence-electron chi connectivity index (χ1n) is 6.81. The highest BCUT2D eigenvalue weighted by atomic mass is 32.1. The van der Waals surface area contributed by atoms with E-state index < -0.39 is 0 Å². The number of hydrogen-bond acceptors (Lipinski definition) is 3. The van der Waals surface area contributed by atoms with Crippen LogP contribution in [0.4, 0.5) is 0 Å². The highest BCUT2D eigenvalue weighted by Crippen LogP contribution is 2.27. The number of carbonyl (C=O) groups is 2. The Balaban J connectivity index is 1.68. The minimum Gasteiger partial charge on any atom is -0.342 e. The van der Waals surface area contributed by atoms with E-state index in [4.69, 9.17) is 0 Å². The Hall–Kier alpha value is -1.36. The van der Waals surface area contributed by atoms with Crippen LogP contribution >= 0.6 is 11.3 Å². The van der Waals surface area contributed by atoms with E-state index in [0.29, 0.717) is 26.1 Å². The molecular formula is C14H18N2O2S. The highest BCUT2D eigenvalue weighted by Gasteiger charge is 2.36. The number of amides is 2. The molecule has 4 nitrogen and oxygen atoms in total. The van der Waals surface area contributed by atoms with Crippen molar-refractivity contribution in [1.82, 2.24) is 9.80 Å². The monoisotopic (exact) mass is 278 g/mol. The summed E-state index contributed by atoms with van der Waals surface area (Å²) in [5.41, 5.74) is 1.28. The molecule has 0 N–H and O–H groups in total. The summed E-state index contributed by atoms with van der Waals surface area (Å²) in [7, 11) is 0. The van der Waals surface area contributed by atoms with Gasteiger partial charge in [-0.15, -0.1) is 11.3 Å². The van der Waals surface area contributed by atoms with E-state index in [1.165, 1.54) is 10.4 Å². The minimum absolute atomic E-state index is 0.120. The fraction of sp³-hybridized carbons (Fsp3) is 0.571. The van der Waals surface area contributed by atoms with Gasteiger partial charge in [0.1, 0.15) is 0 Å². The molecule has 1 unspecified atom stereocenters. The van der Waals surface area contributed by atoms with Gasteiger partial charge in [-0.1, -0.05) is 0 Å². The topological polar surface area (TPSA) is 40.6 Å². The summed E-state index contributed by atoms with van der Waals surface area (Å²) in [6.07, 6.45) is 1.34. The van der Waals surface area contributed by atoms with Gasteiger partial charge in [-0.05, 0) is 30.4 Å². The Labute approximate surface area is 117 Å². The first-order chi connectivity index (χ1) is 9.19. The molecule has 19 heavy (non-hydrogen) atoms. The van der Waals surface area contributed by atoms with Crippen molar-refractivity contribution in [3.05, 3.63) is 21.9 Å². The van der Waals surface area contributed by atoms with Gasteiger partial charge >= 0.3 is 0 Å². The summed E-state index contributed by atoms with van der Waals surface area (Å²) in [6, 6.07) is 2.11. The molecule has 3 heterocycles. The predicted molar refractivity (Wildman–Crippen MR) is 73.8 cm³/mol. The van der Waals surface area contributed by atoms with E-state index in [0.717, 1.165) is 13.0 Å². The van der Waals surface area contributed by atoms with E-state index >= 15 is 0 Å². The summed E-state index contributed by atoms with van der Waals surface area (Å²) in [5.74, 6) is 0.142. The van der Waals surface area contributed by atoms with Crippen LogP contribution in [0.2, 0.25) is 0 Å². The lowest BCUT2D eigenvalue weighted by Crippen LogP contribution is -2.40.